The summed E-state index contributed by atoms with van der Waals surface area (Å²) >= 11 is 0. The number of hydrogen-bond donors (Lipinski definition) is 1. The van der Waals surface area contributed by atoms with E-state index in [1.54, 1.807) is 0 Å². The lowest BCUT2D eigenvalue weighted by Crippen LogP contribution is -2.52. The van der Waals surface area contributed by atoms with Gasteiger partial charge in [0.25, 0.3) is 0 Å². The van der Waals surface area contributed by atoms with Crippen molar-refractivity contribution in [3.8, 4) is 0 Å². The quantitative estimate of drug-likeness (QED) is 0.426. The van der Waals surface area contributed by atoms with Crippen LogP contribution in [0, 0.1) is 40.4 Å². The third-order valence-electron chi connectivity index (χ3n) is 10.3. The van der Waals surface area contributed by atoms with E-state index in [2.05, 4.69) is 58.1 Å². The van der Waals surface area contributed by atoms with Gasteiger partial charge in [0.2, 0.25) is 0 Å². The summed E-state index contributed by atoms with van der Waals surface area (Å²) in [4.78, 5) is 2.30. The van der Waals surface area contributed by atoms with Crippen LogP contribution in [-0.2, 0) is 0 Å². The molecule has 0 heterocycles. The lowest BCUT2D eigenvalue weighted by Gasteiger charge is -2.58. The molecule has 0 aromatic carbocycles. The minimum Gasteiger partial charge on any atom is -0.314 e. The van der Waals surface area contributed by atoms with Gasteiger partial charge in [-0.1, -0.05) is 32.4 Å². The van der Waals surface area contributed by atoms with Crippen molar-refractivity contribution >= 4 is 0 Å². The first-order chi connectivity index (χ1) is 13.8. The molecule has 3 saturated carbocycles. The van der Waals surface area contributed by atoms with E-state index in [-0.39, 0.29) is 0 Å². The molecule has 29 heavy (non-hydrogen) atoms. The molecule has 4 aliphatic carbocycles. The first-order valence-corrected chi connectivity index (χ1v) is 12.8. The van der Waals surface area contributed by atoms with E-state index < -0.39 is 0 Å². The van der Waals surface area contributed by atoms with Gasteiger partial charge in [0.05, 0.1) is 0 Å². The predicted octanol–water partition coefficient (Wildman–Crippen LogP) is 6.13. The Balaban J connectivity index is 1.44. The molecule has 0 spiro atoms. The summed E-state index contributed by atoms with van der Waals surface area (Å²) < 4.78 is 0. The van der Waals surface area contributed by atoms with Gasteiger partial charge in [0.15, 0.2) is 0 Å². The molecule has 0 aliphatic heterocycles. The number of rotatable bonds is 6. The van der Waals surface area contributed by atoms with E-state index in [1.165, 1.54) is 70.9 Å². The van der Waals surface area contributed by atoms with E-state index in [0.29, 0.717) is 16.9 Å². The number of allylic oxidation sites excluding steroid dienone is 2. The van der Waals surface area contributed by atoms with Crippen molar-refractivity contribution in [3.63, 3.8) is 0 Å². The van der Waals surface area contributed by atoms with E-state index in [4.69, 9.17) is 0 Å². The zero-order chi connectivity index (χ0) is 20.8. The van der Waals surface area contributed by atoms with Crippen molar-refractivity contribution in [2.24, 2.45) is 40.4 Å². The van der Waals surface area contributed by atoms with Gasteiger partial charge in [-0.25, -0.2) is 0 Å². The molecule has 4 aliphatic rings. The highest BCUT2D eigenvalue weighted by molar-refractivity contribution is 5.25. The second-order valence-corrected chi connectivity index (χ2v) is 12.2. The first kappa shape index (κ1) is 21.9. The van der Waals surface area contributed by atoms with Gasteiger partial charge in [-0.05, 0) is 132 Å². The van der Waals surface area contributed by atoms with Crippen LogP contribution in [0.15, 0.2) is 11.6 Å². The van der Waals surface area contributed by atoms with Crippen LogP contribution in [0.25, 0.3) is 0 Å². The summed E-state index contributed by atoms with van der Waals surface area (Å²) in [6, 6.07) is 0.671. The Morgan fingerprint density at radius 1 is 1.10 bits per heavy atom. The Labute approximate surface area is 181 Å². The van der Waals surface area contributed by atoms with Gasteiger partial charge in [-0.15, -0.1) is 0 Å². The van der Waals surface area contributed by atoms with Crippen LogP contribution in [0.5, 0.6) is 0 Å². The molecule has 8 atom stereocenters. The summed E-state index contributed by atoms with van der Waals surface area (Å²) in [5, 5.41) is 3.93. The smallest absolute Gasteiger partial charge is 0.00723 e. The van der Waals surface area contributed by atoms with Crippen LogP contribution in [0.3, 0.4) is 0 Å². The van der Waals surface area contributed by atoms with Crippen LogP contribution in [-0.4, -0.2) is 38.1 Å². The Morgan fingerprint density at radius 3 is 2.66 bits per heavy atom. The Bertz CT molecular complexity index is 610. The third kappa shape index (κ3) is 3.86. The van der Waals surface area contributed by atoms with Gasteiger partial charge in [-0.3, -0.25) is 0 Å². The topological polar surface area (TPSA) is 15.3 Å². The molecular formula is C27H48N2. The summed E-state index contributed by atoms with van der Waals surface area (Å²) in [7, 11) is 4.37. The third-order valence-corrected chi connectivity index (χ3v) is 10.3. The van der Waals surface area contributed by atoms with Crippen molar-refractivity contribution < 1.29 is 0 Å². The van der Waals surface area contributed by atoms with Crippen LogP contribution < -0.4 is 5.32 Å². The molecular weight excluding hydrogens is 352 g/mol. The number of nitrogens with one attached hydrogen (secondary N) is 1. The normalized spacial score (nSPS) is 45.3. The average Bonchev–Trinajstić information content (AvgIpc) is 3.03. The maximum absolute atomic E-state index is 3.93. The molecule has 1 unspecified atom stereocenters. The molecule has 4 rings (SSSR count). The highest BCUT2D eigenvalue weighted by atomic mass is 15.1. The zero-order valence-corrected chi connectivity index (χ0v) is 20.3. The zero-order valence-electron chi connectivity index (χ0n) is 20.3. The van der Waals surface area contributed by atoms with Crippen LogP contribution in [0.2, 0.25) is 0 Å². The minimum absolute atomic E-state index is 0.533. The lowest BCUT2D eigenvalue weighted by atomic mass is 9.47. The number of nitrogens with zero attached hydrogens (tertiary/aromatic N) is 1. The largest absolute Gasteiger partial charge is 0.314 e. The highest BCUT2D eigenvalue weighted by Crippen LogP contribution is 2.66. The van der Waals surface area contributed by atoms with Gasteiger partial charge < -0.3 is 10.2 Å². The fraction of sp³-hybridized carbons (Fsp3) is 0.926. The van der Waals surface area contributed by atoms with Gasteiger partial charge in [-0.2, -0.15) is 0 Å². The molecule has 3 fully saturated rings. The van der Waals surface area contributed by atoms with Crippen LogP contribution in [0.1, 0.15) is 85.5 Å². The number of fused-ring (bicyclic) bond motifs is 5. The van der Waals surface area contributed by atoms with Crippen molar-refractivity contribution in [1.82, 2.24) is 10.2 Å². The SMILES string of the molecule is CC(NCCCN(C)C)[C@H]1CC[C@H]2[C@@H]3CC=C4C[C@@H](C)CC[C@]4(C)[C@H]3CC[C@]12C. The molecule has 2 heteroatoms. The molecule has 0 amide bonds. The molecule has 166 valence electrons. The lowest BCUT2D eigenvalue weighted by molar-refractivity contribution is -0.0481. The second-order valence-electron chi connectivity index (χ2n) is 12.2. The van der Waals surface area contributed by atoms with E-state index in [9.17, 15) is 0 Å². The standard InChI is InChI=1S/C27H48N2/c1-19-12-14-26(3)21(18-19)8-9-22-24-11-10-23(27(24,4)15-13-25(22)26)20(2)28-16-7-17-29(5)6/h8,19-20,22-25,28H,7,9-18H2,1-6H3/t19-,20?,22-,23+,24-,25-,26-,27+/m0/s1. The maximum atomic E-state index is 3.93. The fourth-order valence-electron chi connectivity index (χ4n) is 8.57. The van der Waals surface area contributed by atoms with Crippen LogP contribution >= 0.6 is 0 Å². The summed E-state index contributed by atoms with van der Waals surface area (Å²) in [5.41, 5.74) is 2.95. The molecule has 2 nitrogen and oxygen atoms in total. The second kappa shape index (κ2) is 8.30. The van der Waals surface area contributed by atoms with E-state index in [0.717, 1.165) is 29.6 Å². The fourth-order valence-corrected chi connectivity index (χ4v) is 8.57. The summed E-state index contributed by atoms with van der Waals surface area (Å²) in [6.45, 7) is 12.7. The molecule has 0 radical (unpaired) electrons. The molecule has 0 aromatic rings. The molecule has 1 N–H and O–H groups in total. The van der Waals surface area contributed by atoms with Crippen molar-refractivity contribution in [2.75, 3.05) is 27.2 Å². The molecule has 0 saturated heterocycles. The summed E-state index contributed by atoms with van der Waals surface area (Å²) in [6.07, 6.45) is 15.6. The summed E-state index contributed by atoms with van der Waals surface area (Å²) in [5.74, 6) is 4.68. The number of hydrogen-bond acceptors (Lipinski definition) is 2. The van der Waals surface area contributed by atoms with E-state index in [1.807, 2.05) is 5.57 Å². The minimum atomic E-state index is 0.533. The first-order valence-electron chi connectivity index (χ1n) is 12.8. The van der Waals surface area contributed by atoms with Crippen molar-refractivity contribution in [1.29, 1.82) is 0 Å². The average molecular weight is 401 g/mol. The van der Waals surface area contributed by atoms with Crippen LogP contribution in [0.4, 0.5) is 0 Å². The van der Waals surface area contributed by atoms with Crippen molar-refractivity contribution in [2.45, 2.75) is 91.5 Å². The highest BCUT2D eigenvalue weighted by Gasteiger charge is 2.59. The Morgan fingerprint density at radius 2 is 1.90 bits per heavy atom. The van der Waals surface area contributed by atoms with Gasteiger partial charge in [0, 0.05) is 6.04 Å². The van der Waals surface area contributed by atoms with Gasteiger partial charge in [0.1, 0.15) is 0 Å². The molecule has 0 aromatic heterocycles. The molecule has 0 bridgehead atoms. The maximum Gasteiger partial charge on any atom is 0.00723 e. The van der Waals surface area contributed by atoms with Crippen molar-refractivity contribution in [3.05, 3.63) is 11.6 Å². The van der Waals surface area contributed by atoms with Gasteiger partial charge >= 0.3 is 0 Å². The Hall–Kier alpha value is -0.340. The Kier molecular flexibility index (Phi) is 6.26. The van der Waals surface area contributed by atoms with E-state index >= 15 is 0 Å². The monoisotopic (exact) mass is 400 g/mol. The predicted molar refractivity (Wildman–Crippen MR) is 125 cm³/mol.